The third kappa shape index (κ3) is 2.40. The van der Waals surface area contributed by atoms with E-state index in [-0.39, 0.29) is 12.1 Å². The summed E-state index contributed by atoms with van der Waals surface area (Å²) in [6.45, 7) is 1.32. The van der Waals surface area contributed by atoms with Crippen molar-refractivity contribution in [3.63, 3.8) is 0 Å². The van der Waals surface area contributed by atoms with Crippen molar-refractivity contribution in [2.75, 3.05) is 0 Å². The van der Waals surface area contributed by atoms with Gasteiger partial charge in [-0.05, 0) is 13.0 Å². The summed E-state index contributed by atoms with van der Waals surface area (Å²) in [6, 6.07) is 0. The van der Waals surface area contributed by atoms with Gasteiger partial charge >= 0.3 is 6.18 Å². The van der Waals surface area contributed by atoms with Crippen molar-refractivity contribution < 1.29 is 17.6 Å². The second kappa shape index (κ2) is 3.32. The zero-order chi connectivity index (χ0) is 10.1. The van der Waals surface area contributed by atoms with Gasteiger partial charge in [0.15, 0.2) is 0 Å². The highest BCUT2D eigenvalue weighted by Gasteiger charge is 2.33. The fourth-order valence-corrected chi connectivity index (χ4v) is 0.856. The van der Waals surface area contributed by atoms with Crippen LogP contribution in [-0.2, 0) is 0 Å². The summed E-state index contributed by atoms with van der Waals surface area (Å²) in [6.07, 6.45) is -3.31. The molecule has 1 aliphatic rings. The van der Waals surface area contributed by atoms with Crippen molar-refractivity contribution in [2.24, 2.45) is 4.99 Å². The Kier molecular flexibility index (Phi) is 2.54. The lowest BCUT2D eigenvalue weighted by atomic mass is 10.2. The van der Waals surface area contributed by atoms with E-state index in [1.54, 1.807) is 0 Å². The maximum absolute atomic E-state index is 12.8. The normalized spacial score (nSPS) is 18.7. The first-order valence-electron chi connectivity index (χ1n) is 3.58. The second-order valence-corrected chi connectivity index (χ2v) is 2.62. The summed E-state index contributed by atoms with van der Waals surface area (Å²) in [5.41, 5.74) is -0.940. The molecule has 0 aromatic carbocycles. The molecular weight excluding hydrogens is 186 g/mol. The predicted molar refractivity (Wildman–Crippen MR) is 41.1 cm³/mol. The number of alkyl halides is 3. The number of halogens is 4. The highest BCUT2D eigenvalue weighted by atomic mass is 19.4. The van der Waals surface area contributed by atoms with E-state index in [0.717, 1.165) is 6.21 Å². The van der Waals surface area contributed by atoms with Crippen LogP contribution >= 0.6 is 0 Å². The lowest BCUT2D eigenvalue weighted by Crippen LogP contribution is -2.11. The Morgan fingerprint density at radius 2 is 2.00 bits per heavy atom. The Morgan fingerprint density at radius 3 is 2.54 bits per heavy atom. The van der Waals surface area contributed by atoms with Gasteiger partial charge < -0.3 is 0 Å². The maximum atomic E-state index is 12.8. The van der Waals surface area contributed by atoms with E-state index in [2.05, 4.69) is 4.99 Å². The molecule has 0 aliphatic carbocycles. The smallest absolute Gasteiger partial charge is 0.263 e. The van der Waals surface area contributed by atoms with Crippen LogP contribution < -0.4 is 0 Å². The van der Waals surface area contributed by atoms with Crippen molar-refractivity contribution in [3.05, 3.63) is 23.2 Å². The van der Waals surface area contributed by atoms with Crippen LogP contribution in [0.2, 0.25) is 0 Å². The molecule has 13 heavy (non-hydrogen) atoms. The first kappa shape index (κ1) is 9.95. The van der Waals surface area contributed by atoms with E-state index in [0.29, 0.717) is 6.08 Å². The molecular formula is C8H7F4N. The van der Waals surface area contributed by atoms with Crippen molar-refractivity contribution in [1.29, 1.82) is 0 Å². The minimum atomic E-state index is -4.48. The van der Waals surface area contributed by atoms with Crippen molar-refractivity contribution >= 4 is 6.21 Å². The third-order valence-electron chi connectivity index (χ3n) is 1.61. The van der Waals surface area contributed by atoms with E-state index in [9.17, 15) is 17.6 Å². The Balaban J connectivity index is 3.05. The van der Waals surface area contributed by atoms with Gasteiger partial charge in [-0.3, -0.25) is 4.99 Å². The number of hydrogen-bond acceptors (Lipinski definition) is 1. The van der Waals surface area contributed by atoms with Gasteiger partial charge in [-0.15, -0.1) is 0 Å². The number of aliphatic imine (C=N–C) groups is 1. The molecule has 0 amide bonds. The molecule has 0 unspecified atom stereocenters. The molecule has 0 atom stereocenters. The van der Waals surface area contributed by atoms with Gasteiger partial charge in [-0.2, -0.15) is 13.2 Å². The number of nitrogens with zero attached hydrogens (tertiary/aromatic N) is 1. The molecule has 72 valence electrons. The molecule has 0 radical (unpaired) electrons. The SMILES string of the molecule is CC1=C(F)C=C(C(F)(F)F)CC=N1. The Hall–Kier alpha value is -1.13. The van der Waals surface area contributed by atoms with Crippen LogP contribution in [0.15, 0.2) is 28.2 Å². The van der Waals surface area contributed by atoms with Crippen LogP contribution in [0.3, 0.4) is 0 Å². The second-order valence-electron chi connectivity index (χ2n) is 2.62. The van der Waals surface area contributed by atoms with Gasteiger partial charge in [0, 0.05) is 18.2 Å². The lowest BCUT2D eigenvalue weighted by Gasteiger charge is -2.07. The highest BCUT2D eigenvalue weighted by Crippen LogP contribution is 2.30. The van der Waals surface area contributed by atoms with Gasteiger partial charge in [0.1, 0.15) is 5.83 Å². The quantitative estimate of drug-likeness (QED) is 0.524. The van der Waals surface area contributed by atoms with Crippen LogP contribution in [0.1, 0.15) is 13.3 Å². The zero-order valence-electron chi connectivity index (χ0n) is 6.82. The largest absolute Gasteiger partial charge is 0.413 e. The number of rotatable bonds is 0. The maximum Gasteiger partial charge on any atom is 0.413 e. The summed E-state index contributed by atoms with van der Waals surface area (Å²) in [5, 5.41) is 0. The molecule has 0 fully saturated rings. The molecule has 0 bridgehead atoms. The lowest BCUT2D eigenvalue weighted by molar-refractivity contribution is -0.0925. The van der Waals surface area contributed by atoms with Gasteiger partial charge in [0.2, 0.25) is 0 Å². The molecule has 0 spiro atoms. The van der Waals surface area contributed by atoms with Crippen LogP contribution in [0.4, 0.5) is 17.6 Å². The molecule has 0 aromatic heterocycles. The van der Waals surface area contributed by atoms with Gasteiger partial charge in [-0.1, -0.05) is 0 Å². The van der Waals surface area contributed by atoms with E-state index in [1.165, 1.54) is 6.92 Å². The van der Waals surface area contributed by atoms with Crippen LogP contribution in [-0.4, -0.2) is 12.4 Å². The first-order chi connectivity index (χ1) is 5.91. The Bertz CT molecular complexity index is 296. The first-order valence-corrected chi connectivity index (χ1v) is 3.58. The Morgan fingerprint density at radius 1 is 1.38 bits per heavy atom. The highest BCUT2D eigenvalue weighted by molar-refractivity contribution is 5.65. The average Bonchev–Trinajstić information content (AvgIpc) is 2.13. The molecule has 0 saturated heterocycles. The summed E-state index contributed by atoms with van der Waals surface area (Å²) >= 11 is 0. The molecule has 5 heteroatoms. The topological polar surface area (TPSA) is 12.4 Å². The van der Waals surface area contributed by atoms with Crippen LogP contribution in [0.25, 0.3) is 0 Å². The molecule has 1 nitrogen and oxygen atoms in total. The zero-order valence-corrected chi connectivity index (χ0v) is 6.82. The summed E-state index contributed by atoms with van der Waals surface area (Å²) in [7, 11) is 0. The fourth-order valence-electron chi connectivity index (χ4n) is 0.856. The van der Waals surface area contributed by atoms with Crippen molar-refractivity contribution in [3.8, 4) is 0 Å². The minimum absolute atomic E-state index is 0.0285. The van der Waals surface area contributed by atoms with E-state index < -0.39 is 17.6 Å². The minimum Gasteiger partial charge on any atom is -0.263 e. The predicted octanol–water partition coefficient (Wildman–Crippen LogP) is 3.15. The summed E-state index contributed by atoms with van der Waals surface area (Å²) in [4.78, 5) is 3.50. The molecule has 1 rings (SSSR count). The van der Waals surface area contributed by atoms with Crippen LogP contribution in [0.5, 0.6) is 0 Å². The monoisotopic (exact) mass is 193 g/mol. The summed E-state index contributed by atoms with van der Waals surface area (Å²) in [5.74, 6) is -0.930. The third-order valence-corrected chi connectivity index (χ3v) is 1.61. The number of allylic oxidation sites excluding steroid dienone is 4. The van der Waals surface area contributed by atoms with Gasteiger partial charge in [0.25, 0.3) is 0 Å². The summed E-state index contributed by atoms with van der Waals surface area (Å²) < 4.78 is 49.1. The molecule has 0 aromatic rings. The molecule has 0 saturated carbocycles. The molecule has 0 N–H and O–H groups in total. The molecule has 1 aliphatic heterocycles. The standard InChI is InChI=1S/C8H7F4N/c1-5-7(9)4-6(2-3-13-5)8(10,11)12/h3-4H,2H2,1H3. The Labute approximate surface area is 72.5 Å². The van der Waals surface area contributed by atoms with E-state index in [4.69, 9.17) is 0 Å². The van der Waals surface area contributed by atoms with Crippen molar-refractivity contribution in [2.45, 2.75) is 19.5 Å². The van der Waals surface area contributed by atoms with E-state index >= 15 is 0 Å². The number of hydrogen-bond donors (Lipinski definition) is 0. The average molecular weight is 193 g/mol. The van der Waals surface area contributed by atoms with Gasteiger partial charge in [-0.25, -0.2) is 4.39 Å². The van der Waals surface area contributed by atoms with Gasteiger partial charge in [0.05, 0.1) is 5.70 Å². The fraction of sp³-hybridized carbons (Fsp3) is 0.375. The van der Waals surface area contributed by atoms with Crippen molar-refractivity contribution in [1.82, 2.24) is 0 Å². The molecule has 1 heterocycles. The van der Waals surface area contributed by atoms with E-state index in [1.807, 2.05) is 0 Å². The van der Waals surface area contributed by atoms with Crippen LogP contribution in [0, 0.1) is 0 Å².